The largest absolute Gasteiger partial charge is 0.493 e. The number of guanidine groups is 1. The number of nitrogens with zero attached hydrogens (tertiary/aromatic N) is 2. The van der Waals surface area contributed by atoms with Gasteiger partial charge in [0.2, 0.25) is 0 Å². The Morgan fingerprint density at radius 2 is 1.73 bits per heavy atom. The Labute approximate surface area is 171 Å². The van der Waals surface area contributed by atoms with Gasteiger partial charge in [-0.05, 0) is 34.4 Å². The maximum atomic E-state index is 6.08. The lowest BCUT2D eigenvalue weighted by Gasteiger charge is -2.27. The van der Waals surface area contributed by atoms with Crippen LogP contribution in [-0.2, 0) is 17.7 Å². The van der Waals surface area contributed by atoms with Gasteiger partial charge in [0.1, 0.15) is 5.75 Å². The molecule has 0 radical (unpaired) electrons. The fourth-order valence-corrected chi connectivity index (χ4v) is 3.23. The lowest BCUT2D eigenvalue weighted by Crippen LogP contribution is -2.44. The van der Waals surface area contributed by atoms with Crippen molar-refractivity contribution < 1.29 is 9.47 Å². The smallest absolute Gasteiger partial charge is 0.191 e. The molecule has 2 aromatic rings. The molecule has 26 heavy (non-hydrogen) atoms. The SMILES string of the molecule is I.NC(=NCc1ccc(-c2ccc3c(c2)CCO3)cc1)N1CCOCC1. The average Bonchev–Trinajstić information content (AvgIpc) is 3.15. The summed E-state index contributed by atoms with van der Waals surface area (Å²) in [7, 11) is 0. The van der Waals surface area contributed by atoms with Gasteiger partial charge in [-0.1, -0.05) is 30.3 Å². The minimum Gasteiger partial charge on any atom is -0.493 e. The van der Waals surface area contributed by atoms with E-state index < -0.39 is 0 Å². The monoisotopic (exact) mass is 465 g/mol. The summed E-state index contributed by atoms with van der Waals surface area (Å²) < 4.78 is 10.9. The van der Waals surface area contributed by atoms with Crippen LogP contribution in [0.25, 0.3) is 11.1 Å². The van der Waals surface area contributed by atoms with Crippen molar-refractivity contribution in [2.75, 3.05) is 32.9 Å². The second-order valence-electron chi connectivity index (χ2n) is 6.39. The summed E-state index contributed by atoms with van der Waals surface area (Å²) in [5.41, 5.74) is 11.0. The second-order valence-corrected chi connectivity index (χ2v) is 6.39. The van der Waals surface area contributed by atoms with Crippen LogP contribution in [0.15, 0.2) is 47.5 Å². The molecule has 0 spiro atoms. The summed E-state index contributed by atoms with van der Waals surface area (Å²) in [5, 5.41) is 0. The predicted octanol–water partition coefficient (Wildman–Crippen LogP) is 3.05. The van der Waals surface area contributed by atoms with Crippen molar-refractivity contribution in [2.45, 2.75) is 13.0 Å². The van der Waals surface area contributed by atoms with E-state index >= 15 is 0 Å². The number of rotatable bonds is 3. The first-order chi connectivity index (χ1) is 12.3. The summed E-state index contributed by atoms with van der Waals surface area (Å²) in [6, 6.07) is 14.9. The Morgan fingerprint density at radius 3 is 2.50 bits per heavy atom. The molecule has 0 unspecified atom stereocenters. The molecule has 1 saturated heterocycles. The minimum absolute atomic E-state index is 0. The zero-order valence-corrected chi connectivity index (χ0v) is 17.0. The summed E-state index contributed by atoms with van der Waals surface area (Å²) in [6.07, 6.45) is 0.997. The molecule has 2 aliphatic heterocycles. The molecule has 5 nitrogen and oxygen atoms in total. The topological polar surface area (TPSA) is 60.1 Å². The number of hydrogen-bond acceptors (Lipinski definition) is 3. The molecular weight excluding hydrogens is 441 g/mol. The Bertz CT molecular complexity index is 771. The van der Waals surface area contributed by atoms with Crippen LogP contribution < -0.4 is 10.5 Å². The van der Waals surface area contributed by atoms with E-state index in [1.165, 1.54) is 16.7 Å². The molecule has 0 amide bonds. The number of ether oxygens (including phenoxy) is 2. The van der Waals surface area contributed by atoms with Gasteiger partial charge in [0.25, 0.3) is 0 Å². The highest BCUT2D eigenvalue weighted by Gasteiger charge is 2.13. The molecule has 4 rings (SSSR count). The quantitative estimate of drug-likeness (QED) is 0.430. The molecule has 0 bridgehead atoms. The summed E-state index contributed by atoms with van der Waals surface area (Å²) in [6.45, 7) is 4.46. The number of fused-ring (bicyclic) bond motifs is 1. The van der Waals surface area contributed by atoms with Crippen molar-refractivity contribution in [1.82, 2.24) is 4.90 Å². The molecule has 2 aromatic carbocycles. The second kappa shape index (κ2) is 8.73. The maximum absolute atomic E-state index is 6.08. The predicted molar refractivity (Wildman–Crippen MR) is 114 cm³/mol. The van der Waals surface area contributed by atoms with Gasteiger partial charge in [-0.15, -0.1) is 24.0 Å². The maximum Gasteiger partial charge on any atom is 0.191 e. The Balaban J connectivity index is 0.00000196. The first-order valence-electron chi connectivity index (χ1n) is 8.77. The highest BCUT2D eigenvalue weighted by molar-refractivity contribution is 14.0. The van der Waals surface area contributed by atoms with Crippen molar-refractivity contribution >= 4 is 29.9 Å². The molecule has 0 aromatic heterocycles. The molecule has 0 atom stereocenters. The van der Waals surface area contributed by atoms with E-state index in [1.54, 1.807) is 0 Å². The van der Waals surface area contributed by atoms with Gasteiger partial charge >= 0.3 is 0 Å². The van der Waals surface area contributed by atoms with Crippen LogP contribution >= 0.6 is 24.0 Å². The standard InChI is InChI=1S/C20H23N3O2.HI/c21-20(23-8-11-24-12-9-23)22-14-15-1-3-16(4-2-15)17-5-6-19-18(13-17)7-10-25-19;/h1-6,13H,7-12,14H2,(H2,21,22);1H. The van der Waals surface area contributed by atoms with Gasteiger partial charge in [-0.2, -0.15) is 0 Å². The van der Waals surface area contributed by atoms with Gasteiger partial charge in [-0.3, -0.25) is 0 Å². The first-order valence-corrected chi connectivity index (χ1v) is 8.77. The van der Waals surface area contributed by atoms with Crippen LogP contribution in [0.5, 0.6) is 5.75 Å². The lowest BCUT2D eigenvalue weighted by molar-refractivity contribution is 0.0674. The molecular formula is C20H24IN3O2. The Morgan fingerprint density at radius 1 is 1.00 bits per heavy atom. The molecule has 1 fully saturated rings. The van der Waals surface area contributed by atoms with Gasteiger partial charge in [0.05, 0.1) is 26.4 Å². The molecule has 2 heterocycles. The third-order valence-electron chi connectivity index (χ3n) is 4.74. The number of morpholine rings is 1. The third-order valence-corrected chi connectivity index (χ3v) is 4.74. The van der Waals surface area contributed by atoms with Crippen LogP contribution in [0.3, 0.4) is 0 Å². The van der Waals surface area contributed by atoms with Crippen LogP contribution in [0.1, 0.15) is 11.1 Å². The highest BCUT2D eigenvalue weighted by atomic mass is 127. The molecule has 6 heteroatoms. The van der Waals surface area contributed by atoms with E-state index in [0.29, 0.717) is 12.5 Å². The van der Waals surface area contributed by atoms with Gasteiger partial charge < -0.3 is 20.1 Å². The van der Waals surface area contributed by atoms with Crippen molar-refractivity contribution in [3.05, 3.63) is 53.6 Å². The van der Waals surface area contributed by atoms with E-state index in [9.17, 15) is 0 Å². The van der Waals surface area contributed by atoms with Crippen LogP contribution in [0.4, 0.5) is 0 Å². The van der Waals surface area contributed by atoms with E-state index in [0.717, 1.165) is 50.6 Å². The van der Waals surface area contributed by atoms with E-state index in [-0.39, 0.29) is 24.0 Å². The lowest BCUT2D eigenvalue weighted by atomic mass is 10.0. The van der Waals surface area contributed by atoms with Crippen molar-refractivity contribution in [2.24, 2.45) is 10.7 Å². The van der Waals surface area contributed by atoms with E-state index in [2.05, 4.69) is 52.4 Å². The number of nitrogens with two attached hydrogens (primary N) is 1. The van der Waals surface area contributed by atoms with Crippen molar-refractivity contribution in [3.8, 4) is 16.9 Å². The molecule has 0 aliphatic carbocycles. The number of halogens is 1. The zero-order valence-electron chi connectivity index (χ0n) is 14.7. The third kappa shape index (κ3) is 4.29. The summed E-state index contributed by atoms with van der Waals surface area (Å²) in [4.78, 5) is 6.59. The highest BCUT2D eigenvalue weighted by Crippen LogP contribution is 2.30. The van der Waals surface area contributed by atoms with Gasteiger partial charge in [0, 0.05) is 19.5 Å². The van der Waals surface area contributed by atoms with Crippen molar-refractivity contribution in [3.63, 3.8) is 0 Å². The molecule has 0 saturated carbocycles. The summed E-state index contributed by atoms with van der Waals surface area (Å²) in [5.74, 6) is 1.62. The minimum atomic E-state index is 0. The molecule has 2 aliphatic rings. The number of hydrogen-bond donors (Lipinski definition) is 1. The number of aliphatic imine (C=N–C) groups is 1. The number of benzene rings is 2. The van der Waals surface area contributed by atoms with E-state index in [4.69, 9.17) is 15.2 Å². The normalized spacial score (nSPS) is 16.6. The van der Waals surface area contributed by atoms with Crippen LogP contribution in [-0.4, -0.2) is 43.8 Å². The average molecular weight is 465 g/mol. The fraction of sp³-hybridized carbons (Fsp3) is 0.350. The molecule has 2 N–H and O–H groups in total. The molecule has 138 valence electrons. The first kappa shape index (κ1) is 19.0. The van der Waals surface area contributed by atoms with Crippen molar-refractivity contribution in [1.29, 1.82) is 0 Å². The fourth-order valence-electron chi connectivity index (χ4n) is 3.23. The Hall–Kier alpha value is -1.80. The van der Waals surface area contributed by atoms with E-state index in [1.807, 2.05) is 0 Å². The van der Waals surface area contributed by atoms with Gasteiger partial charge in [0.15, 0.2) is 5.96 Å². The summed E-state index contributed by atoms with van der Waals surface area (Å²) >= 11 is 0. The van der Waals surface area contributed by atoms with Crippen LogP contribution in [0.2, 0.25) is 0 Å². The zero-order chi connectivity index (χ0) is 17.1. The Kier molecular flexibility index (Phi) is 6.37. The van der Waals surface area contributed by atoms with Crippen LogP contribution in [0, 0.1) is 0 Å². The van der Waals surface area contributed by atoms with Gasteiger partial charge in [-0.25, -0.2) is 4.99 Å².